The highest BCUT2D eigenvalue weighted by molar-refractivity contribution is 4.84. The summed E-state index contributed by atoms with van der Waals surface area (Å²) in [6, 6.07) is 0.359. The molecule has 0 aromatic rings. The maximum absolute atomic E-state index is 8.76. The van der Waals surface area contributed by atoms with Gasteiger partial charge in [0.1, 0.15) is 0 Å². The van der Waals surface area contributed by atoms with Crippen LogP contribution in [-0.2, 0) is 0 Å². The molecule has 2 unspecified atom stereocenters. The molecule has 0 aromatic carbocycles. The first-order valence-corrected chi connectivity index (χ1v) is 3.82. The van der Waals surface area contributed by atoms with Crippen LogP contribution in [0.25, 0.3) is 0 Å². The summed E-state index contributed by atoms with van der Waals surface area (Å²) in [7, 11) is 2.06. The highest BCUT2D eigenvalue weighted by atomic mass is 16.3. The van der Waals surface area contributed by atoms with Gasteiger partial charge in [0, 0.05) is 12.1 Å². The molecular weight excluding hydrogens is 128 g/mol. The molecule has 0 amide bonds. The third-order valence-electron chi connectivity index (χ3n) is 2.28. The number of nitrogens with zero attached hydrogens (tertiary/aromatic N) is 1. The quantitative estimate of drug-likeness (QED) is 0.544. The van der Waals surface area contributed by atoms with Gasteiger partial charge in [0.2, 0.25) is 0 Å². The van der Waals surface area contributed by atoms with Crippen molar-refractivity contribution in [3.05, 3.63) is 0 Å². The van der Waals surface area contributed by atoms with E-state index in [0.717, 1.165) is 13.0 Å². The zero-order valence-electron chi connectivity index (χ0n) is 6.45. The Balaban J connectivity index is 2.38. The number of hydrogen-bond acceptors (Lipinski definition) is 3. The van der Waals surface area contributed by atoms with Gasteiger partial charge in [-0.05, 0) is 26.4 Å². The van der Waals surface area contributed by atoms with Crippen LogP contribution in [0.2, 0.25) is 0 Å². The zero-order valence-corrected chi connectivity index (χ0v) is 6.45. The summed E-state index contributed by atoms with van der Waals surface area (Å²) in [5.41, 5.74) is 5.68. The molecule has 0 radical (unpaired) electrons. The lowest BCUT2D eigenvalue weighted by Gasteiger charge is -2.23. The van der Waals surface area contributed by atoms with E-state index in [2.05, 4.69) is 11.9 Å². The van der Waals surface area contributed by atoms with Crippen LogP contribution in [-0.4, -0.2) is 42.3 Å². The lowest BCUT2D eigenvalue weighted by molar-refractivity contribution is 0.191. The van der Waals surface area contributed by atoms with Crippen LogP contribution >= 0.6 is 0 Å². The third kappa shape index (κ3) is 1.48. The average molecular weight is 144 g/mol. The number of rotatable bonds is 2. The second kappa shape index (κ2) is 3.32. The molecule has 1 aliphatic rings. The van der Waals surface area contributed by atoms with Crippen LogP contribution in [0.3, 0.4) is 0 Å². The Morgan fingerprint density at radius 2 is 2.50 bits per heavy atom. The first-order valence-electron chi connectivity index (χ1n) is 3.82. The molecule has 0 bridgehead atoms. The fraction of sp³-hybridized carbons (Fsp3) is 1.00. The van der Waals surface area contributed by atoms with Crippen LogP contribution in [0.5, 0.6) is 0 Å². The maximum atomic E-state index is 8.76. The lowest BCUT2D eigenvalue weighted by atomic mass is 10.1. The molecule has 3 N–H and O–H groups in total. The van der Waals surface area contributed by atoms with Crippen molar-refractivity contribution < 1.29 is 5.11 Å². The Morgan fingerprint density at radius 1 is 1.80 bits per heavy atom. The Bertz CT molecular complexity index is 108. The monoisotopic (exact) mass is 144 g/mol. The molecule has 0 aliphatic carbocycles. The smallest absolute Gasteiger partial charge is 0.0597 e. The van der Waals surface area contributed by atoms with E-state index in [0.29, 0.717) is 6.04 Å². The van der Waals surface area contributed by atoms with Crippen molar-refractivity contribution in [1.82, 2.24) is 4.90 Å². The number of likely N-dealkylation sites (N-methyl/N-ethyl adjacent to an activating group) is 1. The minimum absolute atomic E-state index is 0.0486. The Labute approximate surface area is 61.8 Å². The first kappa shape index (κ1) is 7.98. The van der Waals surface area contributed by atoms with Crippen LogP contribution < -0.4 is 5.73 Å². The fourth-order valence-corrected chi connectivity index (χ4v) is 1.60. The molecule has 2 atom stereocenters. The predicted molar refractivity (Wildman–Crippen MR) is 40.7 cm³/mol. The Hall–Kier alpha value is -0.120. The second-order valence-corrected chi connectivity index (χ2v) is 3.04. The van der Waals surface area contributed by atoms with Gasteiger partial charge in [-0.1, -0.05) is 0 Å². The summed E-state index contributed by atoms with van der Waals surface area (Å²) in [5.74, 6) is 0. The van der Waals surface area contributed by atoms with E-state index in [9.17, 15) is 0 Å². The molecule has 0 aromatic heterocycles. The number of hydrogen-bond donors (Lipinski definition) is 2. The second-order valence-electron chi connectivity index (χ2n) is 3.04. The molecule has 1 rings (SSSR count). The van der Waals surface area contributed by atoms with Gasteiger partial charge in [-0.2, -0.15) is 0 Å². The molecule has 3 nitrogen and oxygen atoms in total. The van der Waals surface area contributed by atoms with Gasteiger partial charge in [-0.25, -0.2) is 0 Å². The van der Waals surface area contributed by atoms with Crippen LogP contribution in [0.4, 0.5) is 0 Å². The minimum Gasteiger partial charge on any atom is -0.395 e. The fourth-order valence-electron chi connectivity index (χ4n) is 1.60. The normalized spacial score (nSPS) is 30.9. The third-order valence-corrected chi connectivity index (χ3v) is 2.28. The topological polar surface area (TPSA) is 49.5 Å². The summed E-state index contributed by atoms with van der Waals surface area (Å²) < 4.78 is 0. The average Bonchev–Trinajstić information content (AvgIpc) is 2.34. The molecule has 1 saturated heterocycles. The first-order chi connectivity index (χ1) is 4.75. The van der Waals surface area contributed by atoms with Gasteiger partial charge >= 0.3 is 0 Å². The summed E-state index contributed by atoms with van der Waals surface area (Å²) in [4.78, 5) is 2.22. The molecule has 1 fully saturated rings. The van der Waals surface area contributed by atoms with Crippen molar-refractivity contribution in [2.24, 2.45) is 5.73 Å². The minimum atomic E-state index is -0.0486. The Kier molecular flexibility index (Phi) is 2.65. The van der Waals surface area contributed by atoms with E-state index in [4.69, 9.17) is 10.8 Å². The van der Waals surface area contributed by atoms with Gasteiger partial charge in [0.25, 0.3) is 0 Å². The summed E-state index contributed by atoms with van der Waals surface area (Å²) in [6.45, 7) is 1.23. The highest BCUT2D eigenvalue weighted by Gasteiger charge is 2.25. The predicted octanol–water partition coefficient (Wildman–Crippen LogP) is -0.600. The Morgan fingerprint density at radius 3 is 2.90 bits per heavy atom. The summed E-state index contributed by atoms with van der Waals surface area (Å²) >= 11 is 0. The van der Waals surface area contributed by atoms with E-state index in [-0.39, 0.29) is 12.6 Å². The number of aliphatic hydroxyl groups excluding tert-OH is 1. The zero-order chi connectivity index (χ0) is 7.56. The van der Waals surface area contributed by atoms with Gasteiger partial charge in [0.05, 0.1) is 6.61 Å². The summed E-state index contributed by atoms with van der Waals surface area (Å²) in [6.07, 6.45) is 2.35. The van der Waals surface area contributed by atoms with E-state index < -0.39 is 0 Å². The van der Waals surface area contributed by atoms with Gasteiger partial charge in [0.15, 0.2) is 0 Å². The van der Waals surface area contributed by atoms with Crippen molar-refractivity contribution in [2.45, 2.75) is 24.9 Å². The van der Waals surface area contributed by atoms with Crippen molar-refractivity contribution in [3.8, 4) is 0 Å². The van der Waals surface area contributed by atoms with Crippen LogP contribution in [0.1, 0.15) is 12.8 Å². The SMILES string of the molecule is CN1CCCC1C(N)CO. The van der Waals surface area contributed by atoms with E-state index in [1.54, 1.807) is 0 Å². The van der Waals surface area contributed by atoms with E-state index in [1.807, 2.05) is 0 Å². The van der Waals surface area contributed by atoms with Crippen molar-refractivity contribution >= 4 is 0 Å². The largest absolute Gasteiger partial charge is 0.395 e. The van der Waals surface area contributed by atoms with E-state index >= 15 is 0 Å². The number of aliphatic hydroxyl groups is 1. The van der Waals surface area contributed by atoms with E-state index in [1.165, 1.54) is 6.42 Å². The van der Waals surface area contributed by atoms with Gasteiger partial charge < -0.3 is 15.7 Å². The highest BCUT2D eigenvalue weighted by Crippen LogP contribution is 2.16. The van der Waals surface area contributed by atoms with Gasteiger partial charge in [-0.15, -0.1) is 0 Å². The standard InChI is InChI=1S/C7H16N2O/c1-9-4-2-3-7(9)6(8)5-10/h6-7,10H,2-5,8H2,1H3. The number of nitrogens with two attached hydrogens (primary N) is 1. The molecule has 10 heavy (non-hydrogen) atoms. The molecule has 0 saturated carbocycles. The molecule has 0 spiro atoms. The van der Waals surface area contributed by atoms with Crippen LogP contribution in [0, 0.1) is 0 Å². The molecule has 3 heteroatoms. The van der Waals surface area contributed by atoms with Crippen molar-refractivity contribution in [3.63, 3.8) is 0 Å². The van der Waals surface area contributed by atoms with Crippen molar-refractivity contribution in [1.29, 1.82) is 0 Å². The summed E-state index contributed by atoms with van der Waals surface area (Å²) in [5, 5.41) is 8.76. The van der Waals surface area contributed by atoms with Crippen LogP contribution in [0.15, 0.2) is 0 Å². The van der Waals surface area contributed by atoms with Gasteiger partial charge in [-0.3, -0.25) is 0 Å². The van der Waals surface area contributed by atoms with Crippen molar-refractivity contribution in [2.75, 3.05) is 20.2 Å². The molecular formula is C7H16N2O. The number of likely N-dealkylation sites (tertiary alicyclic amines) is 1. The molecule has 1 aliphatic heterocycles. The molecule has 60 valence electrons. The maximum Gasteiger partial charge on any atom is 0.0597 e. The lowest BCUT2D eigenvalue weighted by Crippen LogP contribution is -2.44. The molecule has 1 heterocycles.